The first-order chi connectivity index (χ1) is 4.22. The molecule has 0 aliphatic carbocycles. The van der Waals surface area contributed by atoms with E-state index in [1.54, 1.807) is 6.07 Å². The first kappa shape index (κ1) is 7.92. The van der Waals surface area contributed by atoms with E-state index in [9.17, 15) is 4.79 Å². The van der Waals surface area contributed by atoms with Crippen LogP contribution in [-0.2, 0) is 4.79 Å². The minimum absolute atomic E-state index is 0.321. The first-order valence-electron chi connectivity index (χ1n) is 2.61. The monoisotopic (exact) mass is 127 g/mol. The summed E-state index contributed by atoms with van der Waals surface area (Å²) in [5.41, 5.74) is 9.90. The lowest BCUT2D eigenvalue weighted by molar-refractivity contribution is -0.120. The maximum Gasteiger partial charge on any atom is 0.234 e. The summed E-state index contributed by atoms with van der Waals surface area (Å²) in [6, 6.07) is 1.75. The van der Waals surface area contributed by atoms with Crippen molar-refractivity contribution < 1.29 is 4.79 Å². The quantitative estimate of drug-likeness (QED) is 0.507. The van der Waals surface area contributed by atoms with Gasteiger partial charge in [0, 0.05) is 0 Å². The molecule has 0 aliphatic heterocycles. The highest BCUT2D eigenvalue weighted by Gasteiger charge is 2.11. The highest BCUT2D eigenvalue weighted by atomic mass is 16.1. The lowest BCUT2D eigenvalue weighted by atomic mass is 10.1. The van der Waals surface area contributed by atoms with Crippen LogP contribution in [0.15, 0.2) is 0 Å². The molecule has 0 fully saturated rings. The van der Waals surface area contributed by atoms with Gasteiger partial charge in [0.2, 0.25) is 5.91 Å². The Balaban J connectivity index is 3.72. The molecule has 4 nitrogen and oxygen atoms in total. The molecule has 0 aliphatic rings. The number of nitrogens with two attached hydrogens (primary N) is 2. The number of amides is 1. The smallest absolute Gasteiger partial charge is 0.234 e. The molecular weight excluding hydrogens is 118 g/mol. The van der Waals surface area contributed by atoms with Gasteiger partial charge in [-0.15, -0.1) is 0 Å². The second-order valence-corrected chi connectivity index (χ2v) is 1.66. The van der Waals surface area contributed by atoms with Crippen molar-refractivity contribution in [2.24, 2.45) is 17.4 Å². The molecule has 0 radical (unpaired) electrons. The van der Waals surface area contributed by atoms with Crippen LogP contribution in [0.1, 0.15) is 6.42 Å². The van der Waals surface area contributed by atoms with Crippen molar-refractivity contribution >= 4 is 5.91 Å². The summed E-state index contributed by atoms with van der Waals surface area (Å²) in [5, 5.41) is 8.22. The van der Waals surface area contributed by atoms with Gasteiger partial charge in [0.15, 0.2) is 0 Å². The average Bonchev–Trinajstić information content (AvgIpc) is 1.82. The van der Waals surface area contributed by atoms with Crippen molar-refractivity contribution in [3.63, 3.8) is 0 Å². The topological polar surface area (TPSA) is 92.9 Å². The Morgan fingerprint density at radius 3 is 2.44 bits per heavy atom. The van der Waals surface area contributed by atoms with Crippen molar-refractivity contribution in [3.8, 4) is 6.07 Å². The van der Waals surface area contributed by atoms with E-state index in [0.29, 0.717) is 13.0 Å². The number of carbonyl (C=O) groups is 1. The van der Waals surface area contributed by atoms with Gasteiger partial charge in [0.1, 0.15) is 5.92 Å². The van der Waals surface area contributed by atoms with Gasteiger partial charge >= 0.3 is 0 Å². The van der Waals surface area contributed by atoms with Gasteiger partial charge in [0.25, 0.3) is 0 Å². The number of carbonyl (C=O) groups excluding carboxylic acids is 1. The molecule has 1 amide bonds. The van der Waals surface area contributed by atoms with Gasteiger partial charge in [-0.3, -0.25) is 4.79 Å². The fourth-order valence-electron chi connectivity index (χ4n) is 0.437. The average molecular weight is 127 g/mol. The van der Waals surface area contributed by atoms with Gasteiger partial charge in [-0.1, -0.05) is 0 Å². The van der Waals surface area contributed by atoms with E-state index < -0.39 is 11.8 Å². The zero-order valence-electron chi connectivity index (χ0n) is 5.00. The summed E-state index contributed by atoms with van der Waals surface area (Å²) in [6.07, 6.45) is 0.353. The van der Waals surface area contributed by atoms with Crippen LogP contribution >= 0.6 is 0 Å². The predicted molar refractivity (Wildman–Crippen MR) is 32.0 cm³/mol. The molecule has 50 valence electrons. The van der Waals surface area contributed by atoms with E-state index >= 15 is 0 Å². The lowest BCUT2D eigenvalue weighted by Crippen LogP contribution is -2.24. The molecular formula is C5H9N3O. The lowest BCUT2D eigenvalue weighted by Gasteiger charge is -1.98. The van der Waals surface area contributed by atoms with Crippen LogP contribution in [0.25, 0.3) is 0 Å². The van der Waals surface area contributed by atoms with Gasteiger partial charge in [-0.2, -0.15) is 5.26 Å². The molecule has 4 heteroatoms. The number of nitriles is 1. The van der Waals surface area contributed by atoms with Gasteiger partial charge in [-0.25, -0.2) is 0 Å². The van der Waals surface area contributed by atoms with Gasteiger partial charge in [-0.05, 0) is 13.0 Å². The molecule has 0 heterocycles. The number of primary amides is 1. The van der Waals surface area contributed by atoms with Crippen molar-refractivity contribution in [1.29, 1.82) is 5.26 Å². The van der Waals surface area contributed by atoms with Crippen molar-refractivity contribution in [2.45, 2.75) is 6.42 Å². The fourth-order valence-corrected chi connectivity index (χ4v) is 0.437. The molecule has 0 rings (SSSR count). The second-order valence-electron chi connectivity index (χ2n) is 1.66. The van der Waals surface area contributed by atoms with Gasteiger partial charge < -0.3 is 11.5 Å². The molecule has 0 spiro atoms. The Morgan fingerprint density at radius 2 is 2.33 bits per heavy atom. The third-order valence-electron chi connectivity index (χ3n) is 0.955. The molecule has 0 bridgehead atoms. The summed E-state index contributed by atoms with van der Waals surface area (Å²) in [6.45, 7) is 0.321. The standard InChI is InChI=1S/C5H9N3O/c6-2-1-4(3-7)5(8)9/h4H,1-2,6H2,(H2,8,9). The third-order valence-corrected chi connectivity index (χ3v) is 0.955. The summed E-state index contributed by atoms with van der Waals surface area (Å²) >= 11 is 0. The van der Waals surface area contributed by atoms with E-state index in [1.807, 2.05) is 0 Å². The number of rotatable bonds is 3. The summed E-state index contributed by atoms with van der Waals surface area (Å²) < 4.78 is 0. The van der Waals surface area contributed by atoms with Crippen molar-refractivity contribution in [1.82, 2.24) is 0 Å². The first-order valence-corrected chi connectivity index (χ1v) is 2.61. The van der Waals surface area contributed by atoms with Crippen LogP contribution in [0, 0.1) is 17.2 Å². The Hall–Kier alpha value is -1.08. The second kappa shape index (κ2) is 3.87. The fraction of sp³-hybridized carbons (Fsp3) is 0.600. The van der Waals surface area contributed by atoms with Gasteiger partial charge in [0.05, 0.1) is 6.07 Å². The summed E-state index contributed by atoms with van der Waals surface area (Å²) in [4.78, 5) is 10.3. The Bertz CT molecular complexity index is 138. The van der Waals surface area contributed by atoms with E-state index in [1.165, 1.54) is 0 Å². The van der Waals surface area contributed by atoms with Crippen LogP contribution < -0.4 is 11.5 Å². The minimum atomic E-state index is -0.713. The van der Waals surface area contributed by atoms with Crippen LogP contribution in [0.2, 0.25) is 0 Å². The normalized spacial score (nSPS) is 12.0. The largest absolute Gasteiger partial charge is 0.369 e. The molecule has 1 unspecified atom stereocenters. The molecule has 0 saturated heterocycles. The van der Waals surface area contributed by atoms with E-state index in [2.05, 4.69) is 0 Å². The molecule has 4 N–H and O–H groups in total. The maximum atomic E-state index is 10.3. The van der Waals surface area contributed by atoms with Crippen molar-refractivity contribution in [2.75, 3.05) is 6.54 Å². The molecule has 9 heavy (non-hydrogen) atoms. The highest BCUT2D eigenvalue weighted by molar-refractivity contribution is 5.79. The van der Waals surface area contributed by atoms with Crippen LogP contribution in [0.4, 0.5) is 0 Å². The summed E-state index contributed by atoms with van der Waals surface area (Å²) in [7, 11) is 0. The predicted octanol–water partition coefficient (Wildman–Crippen LogP) is -1.04. The number of hydrogen-bond acceptors (Lipinski definition) is 3. The van der Waals surface area contributed by atoms with Crippen molar-refractivity contribution in [3.05, 3.63) is 0 Å². The SMILES string of the molecule is N#CC(CCN)C(N)=O. The van der Waals surface area contributed by atoms with E-state index in [-0.39, 0.29) is 0 Å². The molecule has 0 aromatic heterocycles. The molecule has 1 atom stereocenters. The highest BCUT2D eigenvalue weighted by Crippen LogP contribution is 1.96. The maximum absolute atomic E-state index is 10.3. The van der Waals surface area contributed by atoms with Crippen LogP contribution in [0.3, 0.4) is 0 Å². The Labute approximate surface area is 53.4 Å². The zero-order chi connectivity index (χ0) is 7.28. The van der Waals surface area contributed by atoms with Crippen LogP contribution in [0.5, 0.6) is 0 Å². The minimum Gasteiger partial charge on any atom is -0.369 e. The molecule has 0 aromatic carbocycles. The van der Waals surface area contributed by atoms with E-state index in [0.717, 1.165) is 0 Å². The Kier molecular flexibility index (Phi) is 3.40. The van der Waals surface area contributed by atoms with Crippen LogP contribution in [-0.4, -0.2) is 12.5 Å². The molecule has 0 aromatic rings. The third kappa shape index (κ3) is 2.67. The van der Waals surface area contributed by atoms with E-state index in [4.69, 9.17) is 16.7 Å². The number of hydrogen-bond donors (Lipinski definition) is 2. The zero-order valence-corrected chi connectivity index (χ0v) is 5.00. The number of nitrogens with zero attached hydrogens (tertiary/aromatic N) is 1. The Morgan fingerprint density at radius 1 is 1.78 bits per heavy atom. The summed E-state index contributed by atoms with van der Waals surface area (Å²) in [5.74, 6) is -1.31. The molecule has 0 saturated carbocycles.